The summed E-state index contributed by atoms with van der Waals surface area (Å²) < 4.78 is 11.8. The van der Waals surface area contributed by atoms with Crippen LogP contribution in [0.15, 0.2) is 4.40 Å². The van der Waals surface area contributed by atoms with E-state index in [1.165, 1.54) is 0 Å². The Balaban J connectivity index is 2.73. The molecule has 0 radical (unpaired) electrons. The molecule has 0 rings (SSSR count). The van der Waals surface area contributed by atoms with E-state index in [2.05, 4.69) is 11.1 Å². The van der Waals surface area contributed by atoms with Crippen molar-refractivity contribution in [1.29, 1.82) is 0 Å². The topological polar surface area (TPSA) is 29.4 Å². The van der Waals surface area contributed by atoms with Gasteiger partial charge in [0.05, 0.1) is 15.3 Å². The van der Waals surface area contributed by atoms with Gasteiger partial charge in [-0.3, -0.25) is 0 Å². The predicted molar refractivity (Wildman–Crippen MR) is 17.6 cm³/mol. The quantitative estimate of drug-likeness (QED) is 0.246. The molecule has 0 amide bonds. The van der Waals surface area contributed by atoms with E-state index in [-0.39, 0.29) is 11.9 Å². The Hall–Kier alpha value is -0.310. The van der Waals surface area contributed by atoms with Gasteiger partial charge in [-0.15, -0.1) is 0 Å². The van der Waals surface area contributed by atoms with Crippen LogP contribution >= 0.6 is 0 Å². The molecule has 0 saturated heterocycles. The molecule has 0 spiro atoms. The van der Waals surface area contributed by atoms with E-state index in [4.69, 9.17) is 4.21 Å². The van der Waals surface area contributed by atoms with E-state index >= 15 is 0 Å². The summed E-state index contributed by atoms with van der Waals surface area (Å²) in [7, 11) is 0. The molecular weight excluding hydrogens is 74.1 g/mol. The van der Waals surface area contributed by atoms with Crippen LogP contribution in [0.25, 0.3) is 0 Å². The minimum atomic E-state index is 0.120. The molecule has 0 aromatic carbocycles. The van der Waals surface area contributed by atoms with Crippen LogP contribution in [0.1, 0.15) is 0 Å². The van der Waals surface area contributed by atoms with Crippen molar-refractivity contribution in [2.45, 2.75) is 0 Å². The maximum atomic E-state index is 8.99. The van der Waals surface area contributed by atoms with E-state index in [1.807, 2.05) is 0 Å². The first-order valence-corrected chi connectivity index (χ1v) is 1.36. The van der Waals surface area contributed by atoms with Crippen molar-refractivity contribution >= 4 is 18.6 Å². The molecular formula is CH2NOS+. The summed E-state index contributed by atoms with van der Waals surface area (Å²) in [6, 6.07) is 0. The minimum Gasteiger partial charge on any atom is 0.0535 e. The Bertz CT molecular complexity index is 29.0. The second kappa shape index (κ2) is 2.69. The summed E-state index contributed by atoms with van der Waals surface area (Å²) >= 11 is 0.120. The fourth-order valence-corrected chi connectivity index (χ4v) is 0. The largest absolute Gasteiger partial charge is 0.651 e. The van der Waals surface area contributed by atoms with Crippen molar-refractivity contribution in [3.63, 3.8) is 0 Å². The first kappa shape index (κ1) is 3.69. The summed E-state index contributed by atoms with van der Waals surface area (Å²) in [5.74, 6) is 0. The average Bonchev–Trinajstić information content (AvgIpc) is 1.37. The Morgan fingerprint density at radius 1 is 2.00 bits per heavy atom. The van der Waals surface area contributed by atoms with Crippen LogP contribution in [-0.4, -0.2) is 6.72 Å². The molecule has 0 bridgehead atoms. The summed E-state index contributed by atoms with van der Waals surface area (Å²) in [5.41, 5.74) is 0. The van der Waals surface area contributed by atoms with E-state index in [1.54, 1.807) is 0 Å². The highest BCUT2D eigenvalue weighted by molar-refractivity contribution is 7.64. The fourth-order valence-electron chi connectivity index (χ4n) is 0. The van der Waals surface area contributed by atoms with Gasteiger partial charge in [0.2, 0.25) is 0 Å². The fraction of sp³-hybridized carbons (Fsp3) is 0. The highest BCUT2D eigenvalue weighted by Gasteiger charge is 1.70. The summed E-state index contributed by atoms with van der Waals surface area (Å²) in [6.07, 6.45) is 0. The van der Waals surface area contributed by atoms with Gasteiger partial charge in [0.15, 0.2) is 0 Å². The molecule has 0 aliphatic carbocycles. The molecule has 0 aromatic rings. The highest BCUT2D eigenvalue weighted by Crippen LogP contribution is 1.41. The third-order valence-corrected chi connectivity index (χ3v) is 0.158. The molecule has 0 saturated carbocycles. The average molecular weight is 76.1 g/mol. The zero-order chi connectivity index (χ0) is 3.41. The van der Waals surface area contributed by atoms with Gasteiger partial charge >= 0.3 is 11.9 Å². The summed E-state index contributed by atoms with van der Waals surface area (Å²) in [6.45, 7) is 2.88. The van der Waals surface area contributed by atoms with Gasteiger partial charge in [0.1, 0.15) is 0 Å². The van der Waals surface area contributed by atoms with Crippen LogP contribution in [-0.2, 0) is 16.1 Å². The SMILES string of the molecule is C=N[S+]=O. The van der Waals surface area contributed by atoms with Crippen LogP contribution in [0.5, 0.6) is 0 Å². The van der Waals surface area contributed by atoms with Crippen molar-refractivity contribution in [3.8, 4) is 0 Å². The monoisotopic (exact) mass is 76.0 g/mol. The number of nitrogens with zero attached hydrogens (tertiary/aromatic N) is 1. The Morgan fingerprint density at radius 2 is 2.25 bits per heavy atom. The maximum absolute atomic E-state index is 8.99. The molecule has 2 nitrogen and oxygen atoms in total. The molecule has 0 N–H and O–H groups in total. The molecule has 0 aromatic heterocycles. The molecule has 0 unspecified atom stereocenters. The van der Waals surface area contributed by atoms with Gasteiger partial charge in [-0.25, -0.2) is 0 Å². The smallest absolute Gasteiger partial charge is 0.0535 e. The molecule has 3 heteroatoms. The normalized spacial score (nSPS) is 5.00. The van der Waals surface area contributed by atoms with Crippen LogP contribution in [0.2, 0.25) is 0 Å². The molecule has 0 aliphatic rings. The first-order valence-electron chi connectivity index (χ1n) is 0.665. The third-order valence-electron chi connectivity index (χ3n) is 0.0527. The Kier molecular flexibility index (Phi) is 2.48. The van der Waals surface area contributed by atoms with Gasteiger partial charge in [0, 0.05) is 0 Å². The van der Waals surface area contributed by atoms with E-state index in [9.17, 15) is 0 Å². The minimum absolute atomic E-state index is 0.120. The van der Waals surface area contributed by atoms with Crippen molar-refractivity contribution in [3.05, 3.63) is 0 Å². The van der Waals surface area contributed by atoms with E-state index in [0.717, 1.165) is 0 Å². The highest BCUT2D eigenvalue weighted by atomic mass is 32.2. The maximum Gasteiger partial charge on any atom is 0.651 e. The molecule has 0 atom stereocenters. The zero-order valence-corrected chi connectivity index (χ0v) is 2.79. The second-order valence-electron chi connectivity index (χ2n) is 0.204. The van der Waals surface area contributed by atoms with Crippen LogP contribution in [0, 0.1) is 0 Å². The van der Waals surface area contributed by atoms with Gasteiger partial charge in [0.25, 0.3) is 0 Å². The summed E-state index contributed by atoms with van der Waals surface area (Å²) in [5, 5.41) is 0. The lowest BCUT2D eigenvalue weighted by Crippen LogP contribution is -1.35. The van der Waals surface area contributed by atoms with Gasteiger partial charge in [-0.2, -0.15) is 0 Å². The standard InChI is InChI=1S/CH2NOS/c1-2-4-3/h1H2/q+1. The lowest BCUT2D eigenvalue weighted by molar-refractivity contribution is 0.606. The van der Waals surface area contributed by atoms with Crippen molar-refractivity contribution in [2.75, 3.05) is 0 Å². The molecule has 22 valence electrons. The summed E-state index contributed by atoms with van der Waals surface area (Å²) in [4.78, 5) is 0. The lowest BCUT2D eigenvalue weighted by atomic mass is 11.8. The van der Waals surface area contributed by atoms with Gasteiger partial charge < -0.3 is 0 Å². The molecule has 4 heavy (non-hydrogen) atoms. The molecule has 0 fully saturated rings. The number of hydrogen-bond acceptors (Lipinski definition) is 1. The second-order valence-corrected chi connectivity index (χ2v) is 0.611. The van der Waals surface area contributed by atoms with Gasteiger partial charge in [-0.05, 0) is 0 Å². The number of hydrogen-bond donors (Lipinski definition) is 0. The third kappa shape index (κ3) is 1.69. The molecule has 0 heterocycles. The number of rotatable bonds is 1. The Morgan fingerprint density at radius 3 is 2.25 bits per heavy atom. The van der Waals surface area contributed by atoms with Crippen molar-refractivity contribution < 1.29 is 4.21 Å². The first-order chi connectivity index (χ1) is 1.91. The zero-order valence-electron chi connectivity index (χ0n) is 1.97. The van der Waals surface area contributed by atoms with Crippen molar-refractivity contribution in [2.24, 2.45) is 4.40 Å². The predicted octanol–water partition coefficient (Wildman–Crippen LogP) is 0.0301. The van der Waals surface area contributed by atoms with E-state index in [0.29, 0.717) is 0 Å². The van der Waals surface area contributed by atoms with Crippen molar-refractivity contribution in [1.82, 2.24) is 0 Å². The van der Waals surface area contributed by atoms with Gasteiger partial charge in [-0.1, -0.05) is 0 Å². The van der Waals surface area contributed by atoms with E-state index < -0.39 is 0 Å². The van der Waals surface area contributed by atoms with Crippen LogP contribution < -0.4 is 0 Å². The molecule has 0 aliphatic heterocycles. The van der Waals surface area contributed by atoms with Crippen LogP contribution in [0.4, 0.5) is 0 Å². The van der Waals surface area contributed by atoms with Crippen LogP contribution in [0.3, 0.4) is 0 Å². The lowest BCUT2D eigenvalue weighted by Gasteiger charge is -1.11. The Labute approximate surface area is 28.2 Å².